The highest BCUT2D eigenvalue weighted by Gasteiger charge is 2.14. The largest absolute Gasteiger partial charge is 0.465 e. The number of methoxy groups -OCH3 is 1. The summed E-state index contributed by atoms with van der Waals surface area (Å²) in [4.78, 5) is 12.8. The first-order chi connectivity index (χ1) is 6.54. The van der Waals surface area contributed by atoms with E-state index in [1.165, 1.54) is 18.4 Å². The third-order valence-corrected chi connectivity index (χ3v) is 3.32. The molecule has 0 saturated carbocycles. The van der Waals surface area contributed by atoms with Gasteiger partial charge in [-0.1, -0.05) is 25.4 Å². The topological polar surface area (TPSA) is 26.3 Å². The van der Waals surface area contributed by atoms with Gasteiger partial charge in [0.15, 0.2) is 0 Å². The standard InChI is InChI=1S/C10H13ClO2S/c1-6(2)4-8-7(11)5-9(14-8)10(12)13-3/h5-6H,4H2,1-3H3. The molecule has 1 aromatic rings. The smallest absolute Gasteiger partial charge is 0.348 e. The third kappa shape index (κ3) is 2.72. The Morgan fingerprint density at radius 1 is 1.64 bits per heavy atom. The molecule has 0 unspecified atom stereocenters. The Kier molecular flexibility index (Phi) is 3.96. The molecular formula is C10H13ClO2S. The molecule has 0 fully saturated rings. The van der Waals surface area contributed by atoms with Gasteiger partial charge in [0.2, 0.25) is 0 Å². The van der Waals surface area contributed by atoms with Crippen LogP contribution in [-0.2, 0) is 11.2 Å². The average molecular weight is 233 g/mol. The van der Waals surface area contributed by atoms with Crippen molar-refractivity contribution in [1.29, 1.82) is 0 Å². The molecule has 0 aromatic carbocycles. The molecule has 1 rings (SSSR count). The van der Waals surface area contributed by atoms with Crippen LogP contribution in [0, 0.1) is 5.92 Å². The zero-order valence-corrected chi connectivity index (χ0v) is 10.0. The molecule has 0 bridgehead atoms. The van der Waals surface area contributed by atoms with Gasteiger partial charge in [0.1, 0.15) is 4.88 Å². The van der Waals surface area contributed by atoms with Crippen LogP contribution in [0.25, 0.3) is 0 Å². The first-order valence-corrected chi connectivity index (χ1v) is 5.60. The van der Waals surface area contributed by atoms with Crippen molar-refractivity contribution in [1.82, 2.24) is 0 Å². The van der Waals surface area contributed by atoms with E-state index in [1.54, 1.807) is 6.07 Å². The van der Waals surface area contributed by atoms with E-state index in [2.05, 4.69) is 18.6 Å². The van der Waals surface area contributed by atoms with Crippen LogP contribution in [0.4, 0.5) is 0 Å². The van der Waals surface area contributed by atoms with Crippen molar-refractivity contribution in [3.63, 3.8) is 0 Å². The highest BCUT2D eigenvalue weighted by atomic mass is 35.5. The lowest BCUT2D eigenvalue weighted by Crippen LogP contribution is -1.96. The van der Waals surface area contributed by atoms with Gasteiger partial charge in [-0.25, -0.2) is 4.79 Å². The number of hydrogen-bond donors (Lipinski definition) is 0. The number of hydrogen-bond acceptors (Lipinski definition) is 3. The summed E-state index contributed by atoms with van der Waals surface area (Å²) in [5, 5.41) is 0.670. The molecule has 1 heterocycles. The Morgan fingerprint density at radius 2 is 2.29 bits per heavy atom. The van der Waals surface area contributed by atoms with E-state index in [0.29, 0.717) is 15.8 Å². The van der Waals surface area contributed by atoms with E-state index >= 15 is 0 Å². The van der Waals surface area contributed by atoms with Crippen LogP contribution in [0.3, 0.4) is 0 Å². The van der Waals surface area contributed by atoms with Crippen molar-refractivity contribution in [3.05, 3.63) is 20.8 Å². The van der Waals surface area contributed by atoms with Crippen molar-refractivity contribution < 1.29 is 9.53 Å². The quantitative estimate of drug-likeness (QED) is 0.747. The maximum Gasteiger partial charge on any atom is 0.348 e. The number of rotatable bonds is 3. The lowest BCUT2D eigenvalue weighted by Gasteiger charge is -2.00. The van der Waals surface area contributed by atoms with Gasteiger partial charge >= 0.3 is 5.97 Å². The SMILES string of the molecule is COC(=O)c1cc(Cl)c(CC(C)C)s1. The summed E-state index contributed by atoms with van der Waals surface area (Å²) in [5.41, 5.74) is 0. The second kappa shape index (κ2) is 4.80. The summed E-state index contributed by atoms with van der Waals surface area (Å²) in [5.74, 6) is 0.226. The number of halogens is 1. The molecule has 0 aliphatic rings. The first kappa shape index (κ1) is 11.5. The van der Waals surface area contributed by atoms with Gasteiger partial charge < -0.3 is 4.74 Å². The van der Waals surface area contributed by atoms with Crippen molar-refractivity contribution in [2.45, 2.75) is 20.3 Å². The number of esters is 1. The van der Waals surface area contributed by atoms with Crippen LogP contribution < -0.4 is 0 Å². The van der Waals surface area contributed by atoms with E-state index in [4.69, 9.17) is 11.6 Å². The number of carbonyl (C=O) groups is 1. The highest BCUT2D eigenvalue weighted by molar-refractivity contribution is 7.14. The second-order valence-corrected chi connectivity index (χ2v) is 5.02. The molecule has 0 saturated heterocycles. The van der Waals surface area contributed by atoms with Gasteiger partial charge in [-0.15, -0.1) is 11.3 Å². The summed E-state index contributed by atoms with van der Waals surface area (Å²) in [6, 6.07) is 1.68. The van der Waals surface area contributed by atoms with E-state index in [0.717, 1.165) is 11.3 Å². The molecule has 0 aliphatic heterocycles. The van der Waals surface area contributed by atoms with Crippen molar-refractivity contribution >= 4 is 28.9 Å². The number of thiophene rings is 1. The summed E-state index contributed by atoms with van der Waals surface area (Å²) in [6.45, 7) is 4.24. The molecule has 0 amide bonds. The van der Waals surface area contributed by atoms with Crippen LogP contribution in [-0.4, -0.2) is 13.1 Å². The van der Waals surface area contributed by atoms with Crippen molar-refractivity contribution in [2.24, 2.45) is 5.92 Å². The van der Waals surface area contributed by atoms with Crippen LogP contribution in [0.2, 0.25) is 5.02 Å². The predicted octanol–water partition coefficient (Wildman–Crippen LogP) is 3.39. The highest BCUT2D eigenvalue weighted by Crippen LogP contribution is 2.29. The Balaban J connectivity index is 2.87. The van der Waals surface area contributed by atoms with Crippen molar-refractivity contribution in [2.75, 3.05) is 7.11 Å². The summed E-state index contributed by atoms with van der Waals surface area (Å²) in [7, 11) is 1.37. The fourth-order valence-electron chi connectivity index (χ4n) is 1.12. The molecule has 0 radical (unpaired) electrons. The fourth-order valence-corrected chi connectivity index (χ4v) is 2.67. The van der Waals surface area contributed by atoms with Crippen LogP contribution in [0.5, 0.6) is 0 Å². The minimum absolute atomic E-state index is 0.313. The third-order valence-electron chi connectivity index (χ3n) is 1.74. The van der Waals surface area contributed by atoms with Gasteiger partial charge in [0.25, 0.3) is 0 Å². The van der Waals surface area contributed by atoms with Crippen molar-refractivity contribution in [3.8, 4) is 0 Å². The lowest BCUT2D eigenvalue weighted by molar-refractivity contribution is 0.0606. The van der Waals surface area contributed by atoms with Gasteiger partial charge in [-0.2, -0.15) is 0 Å². The second-order valence-electron chi connectivity index (χ2n) is 3.47. The monoisotopic (exact) mass is 232 g/mol. The van der Waals surface area contributed by atoms with E-state index in [-0.39, 0.29) is 5.97 Å². The van der Waals surface area contributed by atoms with E-state index in [1.807, 2.05) is 0 Å². The Hall–Kier alpha value is -0.540. The van der Waals surface area contributed by atoms with E-state index in [9.17, 15) is 4.79 Å². The fraction of sp³-hybridized carbons (Fsp3) is 0.500. The maximum absolute atomic E-state index is 11.2. The normalized spacial score (nSPS) is 10.6. The molecule has 0 atom stereocenters. The Bertz CT molecular complexity index is 331. The molecular weight excluding hydrogens is 220 g/mol. The summed E-state index contributed by atoms with van der Waals surface area (Å²) in [6.07, 6.45) is 0.903. The Labute approximate surface area is 92.8 Å². The molecule has 14 heavy (non-hydrogen) atoms. The van der Waals surface area contributed by atoms with Gasteiger partial charge in [0, 0.05) is 4.88 Å². The number of ether oxygens (including phenoxy) is 1. The zero-order chi connectivity index (χ0) is 10.7. The molecule has 1 aromatic heterocycles. The average Bonchev–Trinajstić information content (AvgIpc) is 2.46. The summed E-state index contributed by atoms with van der Waals surface area (Å²) >= 11 is 7.41. The Morgan fingerprint density at radius 3 is 2.79 bits per heavy atom. The molecule has 4 heteroatoms. The number of carbonyl (C=O) groups excluding carboxylic acids is 1. The molecule has 2 nitrogen and oxygen atoms in total. The molecule has 78 valence electrons. The zero-order valence-electron chi connectivity index (χ0n) is 8.46. The molecule has 0 N–H and O–H groups in total. The minimum Gasteiger partial charge on any atom is -0.465 e. The van der Waals surface area contributed by atoms with Gasteiger partial charge in [-0.3, -0.25) is 0 Å². The maximum atomic E-state index is 11.2. The minimum atomic E-state index is -0.313. The van der Waals surface area contributed by atoms with Gasteiger partial charge in [0.05, 0.1) is 12.1 Å². The molecule has 0 spiro atoms. The van der Waals surface area contributed by atoms with Crippen LogP contribution in [0.15, 0.2) is 6.07 Å². The summed E-state index contributed by atoms with van der Waals surface area (Å²) < 4.78 is 4.62. The van der Waals surface area contributed by atoms with Crippen LogP contribution in [0.1, 0.15) is 28.4 Å². The van der Waals surface area contributed by atoms with E-state index < -0.39 is 0 Å². The van der Waals surface area contributed by atoms with Crippen LogP contribution >= 0.6 is 22.9 Å². The first-order valence-electron chi connectivity index (χ1n) is 4.41. The predicted molar refractivity (Wildman–Crippen MR) is 59.2 cm³/mol. The lowest BCUT2D eigenvalue weighted by atomic mass is 10.1. The van der Waals surface area contributed by atoms with Gasteiger partial charge in [-0.05, 0) is 18.4 Å². The molecule has 0 aliphatic carbocycles.